The third-order valence-corrected chi connectivity index (χ3v) is 2.23. The fourth-order valence-electron chi connectivity index (χ4n) is 1.41. The average Bonchev–Trinajstić information content (AvgIpc) is 2.66. The van der Waals surface area contributed by atoms with Crippen LogP contribution in [0.4, 0.5) is 4.39 Å². The molecule has 0 saturated heterocycles. The first-order valence-electron chi connectivity index (χ1n) is 4.71. The maximum absolute atomic E-state index is 13.2. The summed E-state index contributed by atoms with van der Waals surface area (Å²) in [6.45, 7) is 2.15. The molecule has 0 bridgehead atoms. The molecule has 0 fully saturated rings. The molecule has 2 aromatic rings. The molecule has 0 aliphatic carbocycles. The number of hydrogen-bond donors (Lipinski definition) is 1. The molecule has 78 valence electrons. The molecule has 1 aromatic carbocycles. The summed E-state index contributed by atoms with van der Waals surface area (Å²) in [5.74, 6) is -0.273. The van der Waals surface area contributed by atoms with Gasteiger partial charge in [-0.3, -0.25) is 0 Å². The number of nitrogens with two attached hydrogens (primary N) is 1. The van der Waals surface area contributed by atoms with E-state index in [0.29, 0.717) is 5.56 Å². The van der Waals surface area contributed by atoms with Gasteiger partial charge in [-0.15, -0.1) is 0 Å². The zero-order valence-electron chi connectivity index (χ0n) is 8.44. The molecule has 0 amide bonds. The van der Waals surface area contributed by atoms with Crippen molar-refractivity contribution in [3.05, 3.63) is 47.5 Å². The molecular weight excluding hydrogens is 193 g/mol. The first kappa shape index (κ1) is 9.86. The Balaban J connectivity index is 2.45. The minimum atomic E-state index is -0.273. The normalized spacial score (nSPS) is 10.6. The van der Waals surface area contributed by atoms with Gasteiger partial charge in [0.2, 0.25) is 0 Å². The van der Waals surface area contributed by atoms with Crippen molar-refractivity contribution in [2.75, 3.05) is 0 Å². The van der Waals surface area contributed by atoms with Gasteiger partial charge >= 0.3 is 0 Å². The summed E-state index contributed by atoms with van der Waals surface area (Å²) in [5.41, 5.74) is 7.82. The van der Waals surface area contributed by atoms with Crippen LogP contribution in [0, 0.1) is 12.7 Å². The molecule has 0 saturated carbocycles. The molecule has 0 aliphatic heterocycles. The van der Waals surface area contributed by atoms with Gasteiger partial charge < -0.3 is 5.73 Å². The number of halogens is 1. The summed E-state index contributed by atoms with van der Waals surface area (Å²) in [6.07, 6.45) is 3.64. The van der Waals surface area contributed by atoms with Crippen molar-refractivity contribution in [3.8, 4) is 5.69 Å². The van der Waals surface area contributed by atoms with Crippen LogP contribution < -0.4 is 5.73 Å². The summed E-state index contributed by atoms with van der Waals surface area (Å²) in [7, 11) is 0. The van der Waals surface area contributed by atoms with E-state index >= 15 is 0 Å². The van der Waals surface area contributed by atoms with Gasteiger partial charge in [-0.25, -0.2) is 9.07 Å². The van der Waals surface area contributed by atoms with Crippen LogP contribution in [0.1, 0.15) is 11.1 Å². The Hall–Kier alpha value is -1.68. The molecule has 1 heterocycles. The molecule has 0 aliphatic rings. The van der Waals surface area contributed by atoms with E-state index in [9.17, 15) is 4.39 Å². The largest absolute Gasteiger partial charge is 0.326 e. The van der Waals surface area contributed by atoms with Gasteiger partial charge in [0, 0.05) is 18.3 Å². The van der Waals surface area contributed by atoms with Gasteiger partial charge in [0.15, 0.2) is 0 Å². The Morgan fingerprint density at radius 3 is 2.87 bits per heavy atom. The highest BCUT2D eigenvalue weighted by molar-refractivity contribution is 5.36. The number of rotatable bonds is 2. The quantitative estimate of drug-likeness (QED) is 0.812. The van der Waals surface area contributed by atoms with E-state index in [2.05, 4.69) is 5.10 Å². The highest BCUT2D eigenvalue weighted by atomic mass is 19.1. The first-order valence-corrected chi connectivity index (χ1v) is 4.71. The maximum Gasteiger partial charge on any atom is 0.127 e. The zero-order valence-corrected chi connectivity index (χ0v) is 8.44. The molecule has 15 heavy (non-hydrogen) atoms. The number of aryl methyl sites for hydroxylation is 1. The van der Waals surface area contributed by atoms with E-state index in [1.54, 1.807) is 23.0 Å². The third-order valence-electron chi connectivity index (χ3n) is 2.23. The van der Waals surface area contributed by atoms with Gasteiger partial charge in [0.05, 0.1) is 11.9 Å². The van der Waals surface area contributed by atoms with Crippen molar-refractivity contribution in [3.63, 3.8) is 0 Å². The van der Waals surface area contributed by atoms with Crippen molar-refractivity contribution < 1.29 is 4.39 Å². The Bertz CT molecular complexity index is 476. The fraction of sp³-hybridized carbons (Fsp3) is 0.182. The first-order chi connectivity index (χ1) is 7.20. The van der Waals surface area contributed by atoms with E-state index in [1.807, 2.05) is 13.1 Å². The van der Waals surface area contributed by atoms with E-state index in [1.165, 1.54) is 6.07 Å². The van der Waals surface area contributed by atoms with E-state index in [0.717, 1.165) is 11.3 Å². The summed E-state index contributed by atoms with van der Waals surface area (Å²) in [4.78, 5) is 0. The zero-order chi connectivity index (χ0) is 10.8. The van der Waals surface area contributed by atoms with Crippen molar-refractivity contribution in [1.29, 1.82) is 0 Å². The van der Waals surface area contributed by atoms with Gasteiger partial charge in [-0.05, 0) is 30.7 Å². The highest BCUT2D eigenvalue weighted by Gasteiger charge is 2.03. The van der Waals surface area contributed by atoms with Crippen LogP contribution in [0.15, 0.2) is 30.6 Å². The molecule has 0 spiro atoms. The van der Waals surface area contributed by atoms with Gasteiger partial charge in [-0.2, -0.15) is 5.10 Å². The van der Waals surface area contributed by atoms with Crippen LogP contribution in [0.25, 0.3) is 5.69 Å². The predicted molar refractivity (Wildman–Crippen MR) is 56.2 cm³/mol. The number of benzene rings is 1. The second-order valence-corrected chi connectivity index (χ2v) is 3.44. The van der Waals surface area contributed by atoms with Crippen LogP contribution in [-0.4, -0.2) is 9.78 Å². The molecular formula is C11H12FN3. The van der Waals surface area contributed by atoms with Gasteiger partial charge in [0.1, 0.15) is 5.82 Å². The van der Waals surface area contributed by atoms with Crippen molar-refractivity contribution >= 4 is 0 Å². The Labute approximate surface area is 87.3 Å². The van der Waals surface area contributed by atoms with Crippen LogP contribution in [-0.2, 0) is 6.54 Å². The lowest BCUT2D eigenvalue weighted by molar-refractivity contribution is 0.609. The Kier molecular flexibility index (Phi) is 2.51. The molecule has 1 aromatic heterocycles. The molecule has 0 radical (unpaired) electrons. The predicted octanol–water partition coefficient (Wildman–Crippen LogP) is 1.78. The van der Waals surface area contributed by atoms with Crippen molar-refractivity contribution in [2.24, 2.45) is 5.73 Å². The van der Waals surface area contributed by atoms with E-state index in [4.69, 9.17) is 5.73 Å². The van der Waals surface area contributed by atoms with Crippen molar-refractivity contribution in [2.45, 2.75) is 13.5 Å². The topological polar surface area (TPSA) is 43.8 Å². The fourth-order valence-corrected chi connectivity index (χ4v) is 1.41. The lowest BCUT2D eigenvalue weighted by Gasteiger charge is -2.04. The molecule has 2 rings (SSSR count). The standard InChI is InChI=1S/C11H12FN3/c1-8-6-14-15(7-8)10-2-3-11(12)9(4-10)5-13/h2-4,6-7H,5,13H2,1H3. The molecule has 0 atom stereocenters. The lowest BCUT2D eigenvalue weighted by atomic mass is 10.2. The summed E-state index contributed by atoms with van der Waals surface area (Å²) >= 11 is 0. The summed E-state index contributed by atoms with van der Waals surface area (Å²) in [5, 5.41) is 4.14. The highest BCUT2D eigenvalue weighted by Crippen LogP contribution is 2.13. The smallest absolute Gasteiger partial charge is 0.127 e. The maximum atomic E-state index is 13.2. The second-order valence-electron chi connectivity index (χ2n) is 3.44. The molecule has 3 nitrogen and oxygen atoms in total. The van der Waals surface area contributed by atoms with Crippen LogP contribution >= 0.6 is 0 Å². The van der Waals surface area contributed by atoms with Crippen LogP contribution in [0.2, 0.25) is 0 Å². The average molecular weight is 205 g/mol. The SMILES string of the molecule is Cc1cnn(-c2ccc(F)c(CN)c2)c1. The summed E-state index contributed by atoms with van der Waals surface area (Å²) < 4.78 is 14.9. The second kappa shape index (κ2) is 3.82. The Morgan fingerprint density at radius 2 is 2.27 bits per heavy atom. The number of hydrogen-bond acceptors (Lipinski definition) is 2. The minimum Gasteiger partial charge on any atom is -0.326 e. The van der Waals surface area contributed by atoms with Crippen LogP contribution in [0.5, 0.6) is 0 Å². The molecule has 4 heteroatoms. The number of aromatic nitrogens is 2. The van der Waals surface area contributed by atoms with E-state index < -0.39 is 0 Å². The van der Waals surface area contributed by atoms with Crippen LogP contribution in [0.3, 0.4) is 0 Å². The van der Waals surface area contributed by atoms with Crippen molar-refractivity contribution in [1.82, 2.24) is 9.78 Å². The summed E-state index contributed by atoms with van der Waals surface area (Å²) in [6, 6.07) is 4.80. The molecule has 0 unspecified atom stereocenters. The lowest BCUT2D eigenvalue weighted by Crippen LogP contribution is -2.02. The monoisotopic (exact) mass is 205 g/mol. The Morgan fingerprint density at radius 1 is 1.47 bits per heavy atom. The third kappa shape index (κ3) is 1.89. The number of nitrogens with zero attached hydrogens (tertiary/aromatic N) is 2. The van der Waals surface area contributed by atoms with Gasteiger partial charge in [-0.1, -0.05) is 0 Å². The molecule has 2 N–H and O–H groups in total. The van der Waals surface area contributed by atoms with Gasteiger partial charge in [0.25, 0.3) is 0 Å². The minimum absolute atomic E-state index is 0.194. The van der Waals surface area contributed by atoms with E-state index in [-0.39, 0.29) is 12.4 Å².